The van der Waals surface area contributed by atoms with Crippen LogP contribution in [0.2, 0.25) is 0 Å². The highest BCUT2D eigenvalue weighted by molar-refractivity contribution is 5.77. The lowest BCUT2D eigenvalue weighted by molar-refractivity contribution is -0.848. The van der Waals surface area contributed by atoms with Crippen molar-refractivity contribution in [1.29, 1.82) is 0 Å². The number of hydrogen-bond acceptors (Lipinski definition) is 1. The normalized spacial score (nSPS) is 21.2. The lowest BCUT2D eigenvalue weighted by atomic mass is 10.1. The lowest BCUT2D eigenvalue weighted by Gasteiger charge is -2.33. The van der Waals surface area contributed by atoms with E-state index < -0.39 is 0 Å². The van der Waals surface area contributed by atoms with Gasteiger partial charge in [-0.15, -0.1) is 0 Å². The molecule has 0 bridgehead atoms. The number of rotatable bonds is 2. The second-order valence-corrected chi connectivity index (χ2v) is 4.48. The maximum atomic E-state index is 11.8. The van der Waals surface area contributed by atoms with E-state index in [1.165, 1.54) is 11.1 Å². The van der Waals surface area contributed by atoms with Gasteiger partial charge in [-0.2, -0.15) is 7.05 Å². The van der Waals surface area contributed by atoms with Crippen molar-refractivity contribution in [2.75, 3.05) is 19.6 Å². The second kappa shape index (κ2) is 4.66. The van der Waals surface area contributed by atoms with Crippen LogP contribution < -0.4 is 4.90 Å². The standard InChI is InChI=1S/C13H18N2O/c1-11-4-3-5-12(8-11)9-15-7-6-14(2)10-13(15)16/h3-5,8,14H,2,6-7,9-10H2,1H3. The first-order valence-electron chi connectivity index (χ1n) is 5.65. The van der Waals surface area contributed by atoms with Crippen LogP contribution in [-0.4, -0.2) is 30.4 Å². The Bertz CT molecular complexity index is 389. The number of aryl methyl sites for hydroxylation is 1. The number of quaternary nitrogens is 1. The molecule has 3 nitrogen and oxygen atoms in total. The lowest BCUT2D eigenvalue weighted by Crippen LogP contribution is -3.10. The Morgan fingerprint density at radius 2 is 2.31 bits per heavy atom. The Morgan fingerprint density at radius 3 is 3.00 bits per heavy atom. The van der Waals surface area contributed by atoms with Crippen LogP contribution in [0.25, 0.3) is 0 Å². The van der Waals surface area contributed by atoms with Gasteiger partial charge in [-0.1, -0.05) is 29.8 Å². The Labute approximate surface area is 96.7 Å². The van der Waals surface area contributed by atoms with Crippen LogP contribution in [0.1, 0.15) is 11.1 Å². The highest BCUT2D eigenvalue weighted by Crippen LogP contribution is 2.08. The quantitative estimate of drug-likeness (QED) is 0.695. The molecule has 16 heavy (non-hydrogen) atoms. The van der Waals surface area contributed by atoms with Crippen LogP contribution in [0.3, 0.4) is 0 Å². The van der Waals surface area contributed by atoms with Crippen molar-refractivity contribution in [2.24, 2.45) is 0 Å². The van der Waals surface area contributed by atoms with Gasteiger partial charge in [-0.25, -0.2) is 0 Å². The molecule has 1 aliphatic rings. The van der Waals surface area contributed by atoms with Gasteiger partial charge in [0, 0.05) is 6.54 Å². The number of carbonyl (C=O) groups is 1. The molecule has 1 aromatic rings. The van der Waals surface area contributed by atoms with Gasteiger partial charge < -0.3 is 9.80 Å². The molecule has 2 rings (SSSR count). The van der Waals surface area contributed by atoms with Gasteiger partial charge in [-0.3, -0.25) is 4.79 Å². The molecule has 86 valence electrons. The monoisotopic (exact) mass is 218 g/mol. The van der Waals surface area contributed by atoms with Gasteiger partial charge in [0.1, 0.15) is 6.54 Å². The molecule has 1 unspecified atom stereocenters. The van der Waals surface area contributed by atoms with Crippen LogP contribution >= 0.6 is 0 Å². The predicted octanol–water partition coefficient (Wildman–Crippen LogP) is 0.0137. The molecule has 1 N–H and O–H groups in total. The van der Waals surface area contributed by atoms with Gasteiger partial charge in [0.25, 0.3) is 5.91 Å². The molecule has 0 radical (unpaired) electrons. The number of benzene rings is 1. The third-order valence-electron chi connectivity index (χ3n) is 2.95. The van der Waals surface area contributed by atoms with Crippen molar-refractivity contribution in [2.45, 2.75) is 13.5 Å². The van der Waals surface area contributed by atoms with Gasteiger partial charge in [-0.05, 0) is 12.5 Å². The molecule has 1 saturated heterocycles. The molecule has 0 aliphatic carbocycles. The number of hydrogen-bond donors (Lipinski definition) is 1. The van der Waals surface area contributed by atoms with Crippen molar-refractivity contribution in [1.82, 2.24) is 4.90 Å². The summed E-state index contributed by atoms with van der Waals surface area (Å²) in [5.74, 6) is 0.206. The van der Waals surface area contributed by atoms with E-state index in [2.05, 4.69) is 32.2 Å². The molecule has 1 aliphatic heterocycles. The maximum Gasteiger partial charge on any atom is 0.275 e. The summed E-state index contributed by atoms with van der Waals surface area (Å²) in [5.41, 5.74) is 2.45. The summed E-state index contributed by atoms with van der Waals surface area (Å²) in [6.07, 6.45) is 0. The van der Waals surface area contributed by atoms with E-state index in [1.807, 2.05) is 11.0 Å². The number of piperazine rings is 1. The Hall–Kier alpha value is -1.35. The smallest absolute Gasteiger partial charge is 0.275 e. The van der Waals surface area contributed by atoms with Gasteiger partial charge >= 0.3 is 0 Å². The summed E-state index contributed by atoms with van der Waals surface area (Å²) >= 11 is 0. The zero-order valence-electron chi connectivity index (χ0n) is 9.70. The van der Waals surface area contributed by atoms with Crippen molar-refractivity contribution < 1.29 is 9.69 Å². The number of amides is 1. The third kappa shape index (κ3) is 2.61. The molecule has 1 atom stereocenters. The largest absolute Gasteiger partial charge is 0.459 e. The minimum atomic E-state index is 0.206. The van der Waals surface area contributed by atoms with Gasteiger partial charge in [0.05, 0.1) is 13.1 Å². The molecule has 1 fully saturated rings. The van der Waals surface area contributed by atoms with Crippen LogP contribution in [0.15, 0.2) is 24.3 Å². The van der Waals surface area contributed by atoms with E-state index in [4.69, 9.17) is 0 Å². The van der Waals surface area contributed by atoms with Crippen molar-refractivity contribution in [3.8, 4) is 0 Å². The minimum absolute atomic E-state index is 0.206. The molecule has 1 heterocycles. The van der Waals surface area contributed by atoms with E-state index in [1.54, 1.807) is 0 Å². The summed E-state index contributed by atoms with van der Waals surface area (Å²) in [5, 5.41) is 0. The zero-order valence-corrected chi connectivity index (χ0v) is 9.70. The number of carbonyl (C=O) groups excluding carboxylic acids is 1. The molecule has 1 amide bonds. The highest BCUT2D eigenvalue weighted by atomic mass is 16.2. The summed E-state index contributed by atoms with van der Waals surface area (Å²) in [7, 11) is 3.87. The fourth-order valence-corrected chi connectivity index (χ4v) is 2.03. The number of nitrogens with zero attached hydrogens (tertiary/aromatic N) is 1. The predicted molar refractivity (Wildman–Crippen MR) is 62.6 cm³/mol. The van der Waals surface area contributed by atoms with Gasteiger partial charge in [0.2, 0.25) is 0 Å². The SMILES string of the molecule is [CH2-][NH+]1CCN(Cc2cccc(C)c2)C(=O)C1. The van der Waals surface area contributed by atoms with E-state index in [0.29, 0.717) is 6.54 Å². The fourth-order valence-electron chi connectivity index (χ4n) is 2.03. The first kappa shape index (κ1) is 11.1. The molecule has 0 aromatic heterocycles. The topological polar surface area (TPSA) is 24.8 Å². The summed E-state index contributed by atoms with van der Waals surface area (Å²) < 4.78 is 0. The summed E-state index contributed by atoms with van der Waals surface area (Å²) in [4.78, 5) is 14.7. The maximum absolute atomic E-state index is 11.8. The van der Waals surface area contributed by atoms with E-state index in [9.17, 15) is 4.79 Å². The van der Waals surface area contributed by atoms with Crippen LogP contribution in [-0.2, 0) is 11.3 Å². The molecule has 1 aromatic carbocycles. The molecular formula is C13H18N2O. The average Bonchev–Trinajstić information content (AvgIpc) is 2.22. The Kier molecular flexibility index (Phi) is 3.25. The van der Waals surface area contributed by atoms with Crippen LogP contribution in [0.5, 0.6) is 0 Å². The molecular weight excluding hydrogens is 200 g/mol. The first-order valence-corrected chi connectivity index (χ1v) is 5.65. The minimum Gasteiger partial charge on any atom is -0.459 e. The van der Waals surface area contributed by atoms with E-state index >= 15 is 0 Å². The van der Waals surface area contributed by atoms with E-state index in [0.717, 1.165) is 24.5 Å². The summed E-state index contributed by atoms with van der Waals surface area (Å²) in [6, 6.07) is 8.32. The van der Waals surface area contributed by atoms with Crippen LogP contribution in [0, 0.1) is 14.0 Å². The van der Waals surface area contributed by atoms with E-state index in [-0.39, 0.29) is 5.91 Å². The zero-order chi connectivity index (χ0) is 11.5. The van der Waals surface area contributed by atoms with Crippen molar-refractivity contribution in [3.63, 3.8) is 0 Å². The number of nitrogens with one attached hydrogen (secondary N) is 1. The molecule has 0 saturated carbocycles. The van der Waals surface area contributed by atoms with Gasteiger partial charge in [0.15, 0.2) is 0 Å². The molecule has 3 heteroatoms. The first-order chi connectivity index (χ1) is 7.65. The highest BCUT2D eigenvalue weighted by Gasteiger charge is 2.21. The van der Waals surface area contributed by atoms with Crippen molar-refractivity contribution in [3.05, 3.63) is 42.4 Å². The summed E-state index contributed by atoms with van der Waals surface area (Å²) in [6.45, 7) is 5.08. The Morgan fingerprint density at radius 1 is 1.50 bits per heavy atom. The average molecular weight is 218 g/mol. The molecule has 0 spiro atoms. The third-order valence-corrected chi connectivity index (χ3v) is 2.95. The Balaban J connectivity index is 2.02. The second-order valence-electron chi connectivity index (χ2n) is 4.48. The van der Waals surface area contributed by atoms with Crippen molar-refractivity contribution >= 4 is 5.91 Å². The fraction of sp³-hybridized carbons (Fsp3) is 0.385. The van der Waals surface area contributed by atoms with Crippen LogP contribution in [0.4, 0.5) is 0 Å².